The Morgan fingerprint density at radius 1 is 1.12 bits per heavy atom. The number of carbonyl (C=O) groups excluding carboxylic acids is 1. The Balaban J connectivity index is 1.87. The number of anilines is 1. The van der Waals surface area contributed by atoms with Gasteiger partial charge in [-0.05, 0) is 24.3 Å². The van der Waals surface area contributed by atoms with E-state index in [4.69, 9.17) is 4.74 Å². The van der Waals surface area contributed by atoms with Gasteiger partial charge in [-0.2, -0.15) is 13.2 Å². The number of para-hydroxylation sites is 1. The maximum absolute atomic E-state index is 12.6. The average molecular weight is 338 g/mol. The summed E-state index contributed by atoms with van der Waals surface area (Å²) >= 11 is 0. The molecule has 0 unspecified atom stereocenters. The van der Waals surface area contributed by atoms with Gasteiger partial charge in [0.25, 0.3) is 0 Å². The lowest BCUT2D eigenvalue weighted by molar-refractivity contribution is -0.137. The number of nitrogens with one attached hydrogen (secondary N) is 2. The van der Waals surface area contributed by atoms with Crippen LogP contribution in [0.1, 0.15) is 11.1 Å². The molecule has 0 aliphatic rings. The van der Waals surface area contributed by atoms with E-state index in [1.54, 1.807) is 6.07 Å². The molecule has 2 N–H and O–H groups in total. The van der Waals surface area contributed by atoms with Gasteiger partial charge in [-0.1, -0.05) is 24.3 Å². The zero-order chi connectivity index (χ0) is 17.6. The predicted octanol–water partition coefficient (Wildman–Crippen LogP) is 3.44. The second-order valence-corrected chi connectivity index (χ2v) is 5.02. The first-order valence-electron chi connectivity index (χ1n) is 7.20. The van der Waals surface area contributed by atoms with Crippen LogP contribution in [-0.4, -0.2) is 19.6 Å². The summed E-state index contributed by atoms with van der Waals surface area (Å²) in [6, 6.07) is 12.0. The number of hydrogen-bond donors (Lipinski definition) is 2. The number of carbonyl (C=O) groups is 1. The number of halogens is 3. The number of benzene rings is 2. The smallest absolute Gasteiger partial charge is 0.416 e. The minimum absolute atomic E-state index is 0.129. The van der Waals surface area contributed by atoms with E-state index < -0.39 is 11.7 Å². The van der Waals surface area contributed by atoms with Crippen molar-refractivity contribution in [2.45, 2.75) is 12.7 Å². The summed E-state index contributed by atoms with van der Waals surface area (Å²) in [7, 11) is 1.54. The van der Waals surface area contributed by atoms with Crippen molar-refractivity contribution in [1.29, 1.82) is 0 Å². The normalized spacial score (nSPS) is 11.0. The van der Waals surface area contributed by atoms with Crippen LogP contribution >= 0.6 is 0 Å². The molecule has 0 saturated heterocycles. The molecular weight excluding hydrogens is 321 g/mol. The first kappa shape index (κ1) is 17.7. The molecule has 0 atom stereocenters. The van der Waals surface area contributed by atoms with Crippen LogP contribution in [0.25, 0.3) is 0 Å². The quantitative estimate of drug-likeness (QED) is 0.848. The molecular formula is C17H17F3N2O2. The number of hydrogen-bond acceptors (Lipinski definition) is 3. The molecule has 2 aromatic carbocycles. The highest BCUT2D eigenvalue weighted by Crippen LogP contribution is 2.30. The highest BCUT2D eigenvalue weighted by atomic mass is 19.4. The third-order valence-electron chi connectivity index (χ3n) is 3.31. The van der Waals surface area contributed by atoms with E-state index in [2.05, 4.69) is 10.6 Å². The molecule has 0 spiro atoms. The summed E-state index contributed by atoms with van der Waals surface area (Å²) in [6.07, 6.45) is -4.41. The summed E-state index contributed by atoms with van der Waals surface area (Å²) in [4.78, 5) is 11.8. The van der Waals surface area contributed by atoms with Gasteiger partial charge in [0.05, 0.1) is 19.2 Å². The van der Waals surface area contributed by atoms with Gasteiger partial charge >= 0.3 is 6.18 Å². The lowest BCUT2D eigenvalue weighted by atomic mass is 10.2. The van der Waals surface area contributed by atoms with E-state index in [9.17, 15) is 18.0 Å². The Bertz CT molecular complexity index is 702. The minimum atomic E-state index is -4.41. The maximum atomic E-state index is 12.6. The third-order valence-corrected chi connectivity index (χ3v) is 3.31. The molecule has 0 aliphatic carbocycles. The summed E-state index contributed by atoms with van der Waals surface area (Å²) in [5.41, 5.74) is 0.284. The molecule has 128 valence electrons. The van der Waals surface area contributed by atoms with Gasteiger partial charge in [0.15, 0.2) is 0 Å². The molecule has 4 nitrogen and oxygen atoms in total. The Labute approximate surface area is 137 Å². The molecule has 0 saturated carbocycles. The second-order valence-electron chi connectivity index (χ2n) is 5.02. The maximum Gasteiger partial charge on any atom is 0.416 e. The van der Waals surface area contributed by atoms with Crippen LogP contribution in [0.3, 0.4) is 0 Å². The number of rotatable bonds is 6. The molecule has 0 aliphatic heterocycles. The highest BCUT2D eigenvalue weighted by Gasteiger charge is 2.30. The van der Waals surface area contributed by atoms with Crippen LogP contribution in [0.4, 0.5) is 18.9 Å². The van der Waals surface area contributed by atoms with E-state index in [0.29, 0.717) is 5.75 Å². The van der Waals surface area contributed by atoms with Gasteiger partial charge in [-0.25, -0.2) is 0 Å². The van der Waals surface area contributed by atoms with Crippen LogP contribution in [-0.2, 0) is 17.5 Å². The van der Waals surface area contributed by atoms with Crippen LogP contribution in [0.5, 0.6) is 5.75 Å². The summed E-state index contributed by atoms with van der Waals surface area (Å²) < 4.78 is 43.1. The van der Waals surface area contributed by atoms with Gasteiger partial charge in [-0.15, -0.1) is 0 Å². The van der Waals surface area contributed by atoms with E-state index in [-0.39, 0.29) is 24.7 Å². The van der Waals surface area contributed by atoms with Crippen LogP contribution in [0.15, 0.2) is 48.5 Å². The fourth-order valence-corrected chi connectivity index (χ4v) is 2.09. The number of alkyl halides is 3. The number of ether oxygens (including phenoxy) is 1. The van der Waals surface area contributed by atoms with Gasteiger partial charge in [0.2, 0.25) is 5.91 Å². The molecule has 24 heavy (non-hydrogen) atoms. The molecule has 0 aromatic heterocycles. The first-order valence-corrected chi connectivity index (χ1v) is 7.20. The fourth-order valence-electron chi connectivity index (χ4n) is 2.09. The Hall–Kier alpha value is -2.70. The largest absolute Gasteiger partial charge is 0.496 e. The molecule has 1 amide bonds. The van der Waals surface area contributed by atoms with Crippen molar-refractivity contribution in [3.05, 3.63) is 59.7 Å². The van der Waals surface area contributed by atoms with Crippen molar-refractivity contribution in [3.8, 4) is 5.75 Å². The molecule has 0 heterocycles. The Morgan fingerprint density at radius 3 is 2.58 bits per heavy atom. The lowest BCUT2D eigenvalue weighted by Gasteiger charge is -2.12. The Kier molecular flexibility index (Phi) is 5.68. The zero-order valence-corrected chi connectivity index (χ0v) is 13.0. The molecule has 0 bridgehead atoms. The van der Waals surface area contributed by atoms with Gasteiger partial charge in [0.1, 0.15) is 5.75 Å². The third kappa shape index (κ3) is 4.91. The van der Waals surface area contributed by atoms with Crippen LogP contribution in [0, 0.1) is 0 Å². The van der Waals surface area contributed by atoms with Crippen LogP contribution in [0.2, 0.25) is 0 Å². The van der Waals surface area contributed by atoms with Crippen molar-refractivity contribution in [3.63, 3.8) is 0 Å². The standard InChI is InChI=1S/C17H17F3N2O2/c1-24-15-8-3-2-5-12(15)10-22-16(23)11-21-14-7-4-6-13(9-14)17(18,19)20/h2-9,21H,10-11H2,1H3,(H,22,23). The highest BCUT2D eigenvalue weighted by molar-refractivity contribution is 5.80. The summed E-state index contributed by atoms with van der Waals surface area (Å²) in [6.45, 7) is 0.142. The number of amides is 1. The second kappa shape index (κ2) is 7.72. The molecule has 2 rings (SSSR count). The van der Waals surface area contributed by atoms with Crippen molar-refractivity contribution in [2.24, 2.45) is 0 Å². The molecule has 0 radical (unpaired) electrons. The van der Waals surface area contributed by atoms with E-state index >= 15 is 0 Å². The van der Waals surface area contributed by atoms with Crippen molar-refractivity contribution < 1.29 is 22.7 Å². The van der Waals surface area contributed by atoms with E-state index in [1.807, 2.05) is 18.2 Å². The first-order chi connectivity index (χ1) is 11.4. The fraction of sp³-hybridized carbons (Fsp3) is 0.235. The molecule has 0 fully saturated rings. The summed E-state index contributed by atoms with van der Waals surface area (Å²) in [5, 5.41) is 5.36. The van der Waals surface area contributed by atoms with Crippen LogP contribution < -0.4 is 15.4 Å². The molecule has 7 heteroatoms. The molecule has 2 aromatic rings. The van der Waals surface area contributed by atoms with Crippen molar-refractivity contribution >= 4 is 11.6 Å². The van der Waals surface area contributed by atoms with Gasteiger partial charge < -0.3 is 15.4 Å². The van der Waals surface area contributed by atoms with Gasteiger partial charge in [0, 0.05) is 17.8 Å². The zero-order valence-electron chi connectivity index (χ0n) is 13.0. The van der Waals surface area contributed by atoms with Gasteiger partial charge in [-0.3, -0.25) is 4.79 Å². The van der Waals surface area contributed by atoms with E-state index in [0.717, 1.165) is 17.7 Å². The lowest BCUT2D eigenvalue weighted by Crippen LogP contribution is -2.29. The SMILES string of the molecule is COc1ccccc1CNC(=O)CNc1cccc(C(F)(F)F)c1. The van der Waals surface area contributed by atoms with Crippen molar-refractivity contribution in [2.75, 3.05) is 19.0 Å². The van der Waals surface area contributed by atoms with Crippen molar-refractivity contribution in [1.82, 2.24) is 5.32 Å². The topological polar surface area (TPSA) is 50.4 Å². The Morgan fingerprint density at radius 2 is 1.88 bits per heavy atom. The average Bonchev–Trinajstić information content (AvgIpc) is 2.58. The minimum Gasteiger partial charge on any atom is -0.496 e. The predicted molar refractivity (Wildman–Crippen MR) is 84.8 cm³/mol. The monoisotopic (exact) mass is 338 g/mol. The summed E-state index contributed by atoms with van der Waals surface area (Å²) in [5.74, 6) is 0.321. The van der Waals surface area contributed by atoms with E-state index in [1.165, 1.54) is 19.2 Å². The number of methoxy groups -OCH3 is 1.